The van der Waals surface area contributed by atoms with E-state index in [-0.39, 0.29) is 0 Å². The number of rotatable bonds is 3. The van der Waals surface area contributed by atoms with Crippen LogP contribution in [0.1, 0.15) is 6.92 Å². The van der Waals surface area contributed by atoms with Gasteiger partial charge in [-0.1, -0.05) is 0 Å². The lowest BCUT2D eigenvalue weighted by molar-refractivity contribution is -0.151. The Kier molecular flexibility index (Phi) is 3.53. The predicted molar refractivity (Wildman–Crippen MR) is 36.8 cm³/mol. The Morgan fingerprint density at radius 2 is 2.00 bits per heavy atom. The summed E-state index contributed by atoms with van der Waals surface area (Å²) in [5.74, 6) is -2.62. The third kappa shape index (κ3) is 2.55. The van der Waals surface area contributed by atoms with Crippen LogP contribution < -0.4 is 5.73 Å². The van der Waals surface area contributed by atoms with Crippen LogP contribution in [-0.4, -0.2) is 30.2 Å². The van der Waals surface area contributed by atoms with Gasteiger partial charge in [-0.05, 0) is 6.92 Å². The molecule has 0 saturated carbocycles. The smallest absolute Gasteiger partial charge is 0.321 e. The maximum Gasteiger partial charge on any atom is 0.321 e. The van der Waals surface area contributed by atoms with Gasteiger partial charge in [-0.15, -0.1) is 0 Å². The van der Waals surface area contributed by atoms with Gasteiger partial charge in [0.05, 0.1) is 13.0 Å². The Hall–Kier alpha value is -1.10. The van der Waals surface area contributed by atoms with Gasteiger partial charge < -0.3 is 15.6 Å². The van der Waals surface area contributed by atoms with Crippen LogP contribution in [0.3, 0.4) is 0 Å². The molecule has 0 saturated heterocycles. The van der Waals surface area contributed by atoms with Crippen molar-refractivity contribution in [2.24, 2.45) is 11.7 Å². The maximum absolute atomic E-state index is 10.7. The van der Waals surface area contributed by atoms with Gasteiger partial charge in [-0.2, -0.15) is 0 Å². The monoisotopic (exact) mass is 161 g/mol. The number of hydrogen-bond donors (Lipinski definition) is 2. The van der Waals surface area contributed by atoms with Crippen LogP contribution in [0.5, 0.6) is 0 Å². The third-order valence-electron chi connectivity index (χ3n) is 1.40. The van der Waals surface area contributed by atoms with Gasteiger partial charge in [0.1, 0.15) is 6.04 Å². The van der Waals surface area contributed by atoms with Gasteiger partial charge in [0.2, 0.25) is 0 Å². The number of aliphatic carboxylic acids is 1. The van der Waals surface area contributed by atoms with Crippen LogP contribution in [0, 0.1) is 5.92 Å². The highest BCUT2D eigenvalue weighted by atomic mass is 16.5. The molecule has 0 rings (SSSR count). The summed E-state index contributed by atoms with van der Waals surface area (Å²) in [6.45, 7) is 1.41. The van der Waals surface area contributed by atoms with E-state index in [1.165, 1.54) is 14.0 Å². The number of methoxy groups -OCH3 is 1. The zero-order chi connectivity index (χ0) is 9.02. The molecule has 0 aromatic carbocycles. The average Bonchev–Trinajstić information content (AvgIpc) is 2.00. The van der Waals surface area contributed by atoms with Crippen LogP contribution >= 0.6 is 0 Å². The molecule has 2 unspecified atom stereocenters. The van der Waals surface area contributed by atoms with Gasteiger partial charge in [-0.3, -0.25) is 9.59 Å². The van der Waals surface area contributed by atoms with Crippen LogP contribution in [0.2, 0.25) is 0 Å². The molecule has 0 fully saturated rings. The van der Waals surface area contributed by atoms with Crippen LogP contribution in [0.15, 0.2) is 0 Å². The van der Waals surface area contributed by atoms with E-state index in [1.807, 2.05) is 0 Å². The molecule has 0 radical (unpaired) electrons. The van der Waals surface area contributed by atoms with Crippen molar-refractivity contribution in [1.29, 1.82) is 0 Å². The second-order valence-corrected chi connectivity index (χ2v) is 2.18. The van der Waals surface area contributed by atoms with E-state index in [0.29, 0.717) is 0 Å². The molecule has 0 heterocycles. The zero-order valence-corrected chi connectivity index (χ0v) is 6.40. The summed E-state index contributed by atoms with van der Waals surface area (Å²) in [6, 6.07) is -1.19. The average molecular weight is 161 g/mol. The molecule has 0 aliphatic carbocycles. The molecule has 0 aliphatic heterocycles. The van der Waals surface area contributed by atoms with Gasteiger partial charge in [0, 0.05) is 0 Å². The van der Waals surface area contributed by atoms with Crippen molar-refractivity contribution in [3.8, 4) is 0 Å². The van der Waals surface area contributed by atoms with E-state index in [1.54, 1.807) is 0 Å². The molecule has 0 amide bonds. The van der Waals surface area contributed by atoms with Crippen LogP contribution in [-0.2, 0) is 14.3 Å². The molecule has 0 bridgehead atoms. The molecular weight excluding hydrogens is 150 g/mol. The van der Waals surface area contributed by atoms with Crippen molar-refractivity contribution in [1.82, 2.24) is 0 Å². The molecule has 64 valence electrons. The second kappa shape index (κ2) is 3.92. The number of ether oxygens (including phenoxy) is 1. The molecule has 5 heteroatoms. The predicted octanol–water partition coefficient (Wildman–Crippen LogP) is -0.793. The summed E-state index contributed by atoms with van der Waals surface area (Å²) in [5, 5.41) is 8.36. The minimum atomic E-state index is -1.21. The fourth-order valence-electron chi connectivity index (χ4n) is 0.546. The number of carboxylic acid groups (broad SMARTS) is 1. The zero-order valence-electron chi connectivity index (χ0n) is 6.40. The van der Waals surface area contributed by atoms with E-state index >= 15 is 0 Å². The molecule has 0 aromatic heterocycles. The van der Waals surface area contributed by atoms with E-state index in [2.05, 4.69) is 4.74 Å². The van der Waals surface area contributed by atoms with Gasteiger partial charge >= 0.3 is 11.9 Å². The fraction of sp³-hybridized carbons (Fsp3) is 0.667. The Morgan fingerprint density at radius 1 is 1.55 bits per heavy atom. The lowest BCUT2D eigenvalue weighted by Crippen LogP contribution is -2.40. The topological polar surface area (TPSA) is 89.6 Å². The summed E-state index contributed by atoms with van der Waals surface area (Å²) >= 11 is 0. The van der Waals surface area contributed by atoms with Crippen LogP contribution in [0.25, 0.3) is 0 Å². The van der Waals surface area contributed by atoms with Crippen molar-refractivity contribution in [3.05, 3.63) is 0 Å². The Bertz CT molecular complexity index is 168. The first kappa shape index (κ1) is 9.90. The largest absolute Gasteiger partial charge is 0.480 e. The first-order chi connectivity index (χ1) is 5.00. The summed E-state index contributed by atoms with van der Waals surface area (Å²) in [5.41, 5.74) is 5.14. The lowest BCUT2D eigenvalue weighted by Gasteiger charge is -2.12. The molecule has 11 heavy (non-hydrogen) atoms. The summed E-state index contributed by atoms with van der Waals surface area (Å²) < 4.78 is 4.30. The van der Waals surface area contributed by atoms with Crippen molar-refractivity contribution in [2.45, 2.75) is 13.0 Å². The maximum atomic E-state index is 10.7. The standard InChI is InChI=1S/C6H11NO4/c1-3(6(10)11-2)4(7)5(8)9/h3-4H,7H2,1-2H3,(H,8,9). The van der Waals surface area contributed by atoms with Gasteiger partial charge in [0.25, 0.3) is 0 Å². The first-order valence-electron chi connectivity index (χ1n) is 3.07. The number of hydrogen-bond acceptors (Lipinski definition) is 4. The summed E-state index contributed by atoms with van der Waals surface area (Å²) in [7, 11) is 1.19. The van der Waals surface area contributed by atoms with Crippen molar-refractivity contribution >= 4 is 11.9 Å². The molecule has 0 spiro atoms. The van der Waals surface area contributed by atoms with E-state index in [4.69, 9.17) is 10.8 Å². The molecule has 0 aliphatic rings. The number of carbonyl (C=O) groups excluding carboxylic acids is 1. The molecule has 5 nitrogen and oxygen atoms in total. The second-order valence-electron chi connectivity index (χ2n) is 2.18. The summed E-state index contributed by atoms with van der Waals surface area (Å²) in [6.07, 6.45) is 0. The highest BCUT2D eigenvalue weighted by Crippen LogP contribution is 2.02. The molecule has 2 atom stereocenters. The summed E-state index contributed by atoms with van der Waals surface area (Å²) in [4.78, 5) is 20.9. The van der Waals surface area contributed by atoms with E-state index < -0.39 is 23.9 Å². The number of carboxylic acids is 1. The quantitative estimate of drug-likeness (QED) is 0.529. The Labute approximate surface area is 64.1 Å². The Balaban J connectivity index is 4.12. The number of carbonyl (C=O) groups is 2. The Morgan fingerprint density at radius 3 is 2.27 bits per heavy atom. The lowest BCUT2D eigenvalue weighted by atomic mass is 10.0. The van der Waals surface area contributed by atoms with Crippen molar-refractivity contribution in [2.75, 3.05) is 7.11 Å². The number of esters is 1. The third-order valence-corrected chi connectivity index (χ3v) is 1.40. The normalized spacial score (nSPS) is 15.2. The van der Waals surface area contributed by atoms with Gasteiger partial charge in [-0.25, -0.2) is 0 Å². The fourth-order valence-corrected chi connectivity index (χ4v) is 0.546. The molecule has 0 aromatic rings. The van der Waals surface area contributed by atoms with Gasteiger partial charge in [0.15, 0.2) is 0 Å². The van der Waals surface area contributed by atoms with Crippen molar-refractivity contribution in [3.63, 3.8) is 0 Å². The van der Waals surface area contributed by atoms with Crippen LogP contribution in [0.4, 0.5) is 0 Å². The first-order valence-corrected chi connectivity index (χ1v) is 3.07. The highest BCUT2D eigenvalue weighted by Gasteiger charge is 2.26. The minimum absolute atomic E-state index is 0.611. The highest BCUT2D eigenvalue weighted by molar-refractivity contribution is 5.82. The SMILES string of the molecule is COC(=O)C(C)C(N)C(=O)O. The molecular formula is C6H11NO4. The minimum Gasteiger partial charge on any atom is -0.480 e. The van der Waals surface area contributed by atoms with E-state index in [0.717, 1.165) is 0 Å². The van der Waals surface area contributed by atoms with E-state index in [9.17, 15) is 9.59 Å². The number of nitrogens with two attached hydrogens (primary N) is 1. The van der Waals surface area contributed by atoms with Crippen molar-refractivity contribution < 1.29 is 19.4 Å². The molecule has 3 N–H and O–H groups in total.